The summed E-state index contributed by atoms with van der Waals surface area (Å²) in [6.07, 6.45) is 0. The van der Waals surface area contributed by atoms with E-state index in [1.165, 1.54) is 14.2 Å². The van der Waals surface area contributed by atoms with Crippen molar-refractivity contribution >= 4 is 40.0 Å². The van der Waals surface area contributed by atoms with E-state index >= 15 is 0 Å². The third kappa shape index (κ3) is 3.81. The van der Waals surface area contributed by atoms with E-state index in [1.807, 2.05) is 0 Å². The Hall–Kier alpha value is -1.34. The SMILES string of the molecule is COC(=O)c1sc(NCC(C)(C)C(=O)OC)nc1Cl. The molecule has 0 aliphatic rings. The normalized spacial score (nSPS) is 11.0. The number of nitrogens with zero attached hydrogens (tertiary/aromatic N) is 1. The van der Waals surface area contributed by atoms with Gasteiger partial charge in [0.05, 0.1) is 19.6 Å². The maximum absolute atomic E-state index is 11.5. The Morgan fingerprint density at radius 3 is 2.53 bits per heavy atom. The zero-order valence-electron chi connectivity index (χ0n) is 11.1. The lowest BCUT2D eigenvalue weighted by atomic mass is 9.94. The van der Waals surface area contributed by atoms with Crippen molar-refractivity contribution in [2.24, 2.45) is 5.41 Å². The number of anilines is 1. The molecule has 0 radical (unpaired) electrons. The molecule has 6 nitrogen and oxygen atoms in total. The quantitative estimate of drug-likeness (QED) is 0.840. The number of carbonyl (C=O) groups excluding carboxylic acids is 2. The number of hydrogen-bond donors (Lipinski definition) is 1. The Bertz CT molecular complexity index is 487. The van der Waals surface area contributed by atoms with E-state index in [-0.39, 0.29) is 16.0 Å². The molecule has 0 saturated heterocycles. The fourth-order valence-corrected chi connectivity index (χ4v) is 2.34. The van der Waals surface area contributed by atoms with Crippen LogP contribution in [0.2, 0.25) is 5.15 Å². The number of esters is 2. The summed E-state index contributed by atoms with van der Waals surface area (Å²) in [5.41, 5.74) is -0.710. The van der Waals surface area contributed by atoms with Crippen LogP contribution in [0.25, 0.3) is 0 Å². The first-order valence-electron chi connectivity index (χ1n) is 5.38. The lowest BCUT2D eigenvalue weighted by molar-refractivity contribution is -0.149. The Morgan fingerprint density at radius 1 is 1.37 bits per heavy atom. The average molecular weight is 307 g/mol. The molecular weight excluding hydrogens is 292 g/mol. The lowest BCUT2D eigenvalue weighted by Crippen LogP contribution is -2.33. The van der Waals surface area contributed by atoms with Crippen molar-refractivity contribution in [3.8, 4) is 0 Å². The average Bonchev–Trinajstić information content (AvgIpc) is 2.75. The predicted molar refractivity (Wildman–Crippen MR) is 72.8 cm³/mol. The number of aromatic nitrogens is 1. The van der Waals surface area contributed by atoms with Crippen LogP contribution in [0.15, 0.2) is 0 Å². The van der Waals surface area contributed by atoms with E-state index in [1.54, 1.807) is 13.8 Å². The molecule has 0 aromatic carbocycles. The minimum Gasteiger partial charge on any atom is -0.469 e. The zero-order chi connectivity index (χ0) is 14.6. The fraction of sp³-hybridized carbons (Fsp3) is 0.545. The van der Waals surface area contributed by atoms with E-state index in [4.69, 9.17) is 16.3 Å². The van der Waals surface area contributed by atoms with Gasteiger partial charge in [-0.25, -0.2) is 9.78 Å². The number of ether oxygens (including phenoxy) is 2. The molecule has 0 fully saturated rings. The number of rotatable bonds is 5. The maximum atomic E-state index is 11.5. The third-order valence-corrected chi connectivity index (χ3v) is 3.75. The van der Waals surface area contributed by atoms with Gasteiger partial charge in [0.15, 0.2) is 15.2 Å². The van der Waals surface area contributed by atoms with Gasteiger partial charge in [-0.1, -0.05) is 22.9 Å². The lowest BCUT2D eigenvalue weighted by Gasteiger charge is -2.21. The molecule has 106 valence electrons. The van der Waals surface area contributed by atoms with Crippen LogP contribution in [-0.2, 0) is 14.3 Å². The smallest absolute Gasteiger partial charge is 0.351 e. The largest absolute Gasteiger partial charge is 0.469 e. The Labute approximate surface area is 120 Å². The first-order chi connectivity index (χ1) is 8.81. The molecule has 0 aliphatic carbocycles. The highest BCUT2D eigenvalue weighted by atomic mass is 35.5. The second-order valence-electron chi connectivity index (χ2n) is 4.36. The molecule has 1 aromatic heterocycles. The van der Waals surface area contributed by atoms with Crippen molar-refractivity contribution in [1.82, 2.24) is 4.98 Å². The van der Waals surface area contributed by atoms with E-state index in [2.05, 4.69) is 15.0 Å². The number of hydrogen-bond acceptors (Lipinski definition) is 7. The number of methoxy groups -OCH3 is 2. The van der Waals surface area contributed by atoms with Gasteiger partial charge in [-0.3, -0.25) is 4.79 Å². The number of halogens is 1. The molecule has 8 heteroatoms. The standard InChI is InChI=1S/C11H15ClN2O4S/c1-11(2,9(16)18-4)5-13-10-14-7(12)6(19-10)8(15)17-3/h5H2,1-4H3,(H,13,14). The molecule has 0 saturated carbocycles. The van der Waals surface area contributed by atoms with Gasteiger partial charge in [0.25, 0.3) is 0 Å². The van der Waals surface area contributed by atoms with Gasteiger partial charge < -0.3 is 14.8 Å². The summed E-state index contributed by atoms with van der Waals surface area (Å²) in [5, 5.41) is 3.48. The summed E-state index contributed by atoms with van der Waals surface area (Å²) in [4.78, 5) is 27.1. The monoisotopic (exact) mass is 306 g/mol. The number of thiazole rings is 1. The second kappa shape index (κ2) is 6.21. The highest BCUT2D eigenvalue weighted by Gasteiger charge is 2.29. The summed E-state index contributed by atoms with van der Waals surface area (Å²) in [6.45, 7) is 3.79. The van der Waals surface area contributed by atoms with Gasteiger partial charge in [0.2, 0.25) is 0 Å². The Morgan fingerprint density at radius 2 is 2.00 bits per heavy atom. The highest BCUT2D eigenvalue weighted by molar-refractivity contribution is 7.18. The van der Waals surface area contributed by atoms with Crippen molar-refractivity contribution in [3.05, 3.63) is 10.0 Å². The minimum absolute atomic E-state index is 0.0789. The summed E-state index contributed by atoms with van der Waals surface area (Å²) < 4.78 is 9.27. The molecule has 1 rings (SSSR count). The van der Waals surface area contributed by atoms with Gasteiger partial charge in [0.1, 0.15) is 0 Å². The number of nitrogens with one attached hydrogen (secondary N) is 1. The second-order valence-corrected chi connectivity index (χ2v) is 5.72. The van der Waals surface area contributed by atoms with Crippen LogP contribution < -0.4 is 5.32 Å². The Balaban J connectivity index is 2.74. The summed E-state index contributed by atoms with van der Waals surface area (Å²) in [5.74, 6) is -0.876. The molecule has 0 aliphatic heterocycles. The van der Waals surface area contributed by atoms with E-state index in [0.29, 0.717) is 11.7 Å². The maximum Gasteiger partial charge on any atom is 0.351 e. The van der Waals surface area contributed by atoms with Gasteiger partial charge >= 0.3 is 11.9 Å². The van der Waals surface area contributed by atoms with E-state index in [9.17, 15) is 9.59 Å². The molecule has 0 amide bonds. The van der Waals surface area contributed by atoms with Crippen LogP contribution >= 0.6 is 22.9 Å². The van der Waals surface area contributed by atoms with Crippen LogP contribution in [0.1, 0.15) is 23.5 Å². The zero-order valence-corrected chi connectivity index (χ0v) is 12.6. The first-order valence-corrected chi connectivity index (χ1v) is 6.58. The first kappa shape index (κ1) is 15.7. The summed E-state index contributed by atoms with van der Waals surface area (Å²) in [7, 11) is 2.60. The topological polar surface area (TPSA) is 77.5 Å². The molecule has 1 N–H and O–H groups in total. The molecule has 0 unspecified atom stereocenters. The van der Waals surface area contributed by atoms with Crippen LogP contribution in [0, 0.1) is 5.41 Å². The predicted octanol–water partition coefficient (Wildman–Crippen LogP) is 2.19. The van der Waals surface area contributed by atoms with Crippen LogP contribution in [-0.4, -0.2) is 37.7 Å². The van der Waals surface area contributed by atoms with Crippen molar-refractivity contribution in [1.29, 1.82) is 0 Å². The van der Waals surface area contributed by atoms with Gasteiger partial charge in [-0.15, -0.1) is 0 Å². The fourth-order valence-electron chi connectivity index (χ4n) is 1.24. The van der Waals surface area contributed by atoms with Gasteiger partial charge in [-0.05, 0) is 13.8 Å². The van der Waals surface area contributed by atoms with Crippen LogP contribution in [0.3, 0.4) is 0 Å². The molecule has 1 aromatic rings. The van der Waals surface area contributed by atoms with Crippen molar-refractivity contribution in [3.63, 3.8) is 0 Å². The van der Waals surface area contributed by atoms with Crippen molar-refractivity contribution < 1.29 is 19.1 Å². The van der Waals surface area contributed by atoms with Crippen LogP contribution in [0.4, 0.5) is 5.13 Å². The van der Waals surface area contributed by atoms with E-state index < -0.39 is 11.4 Å². The molecule has 0 spiro atoms. The van der Waals surface area contributed by atoms with Gasteiger partial charge in [-0.2, -0.15) is 0 Å². The molecule has 0 bridgehead atoms. The van der Waals surface area contributed by atoms with Crippen molar-refractivity contribution in [2.75, 3.05) is 26.1 Å². The number of carbonyl (C=O) groups is 2. The highest BCUT2D eigenvalue weighted by Crippen LogP contribution is 2.28. The third-order valence-electron chi connectivity index (χ3n) is 2.38. The summed E-state index contributed by atoms with van der Waals surface area (Å²) >= 11 is 6.90. The van der Waals surface area contributed by atoms with E-state index in [0.717, 1.165) is 11.3 Å². The molecule has 1 heterocycles. The van der Waals surface area contributed by atoms with Gasteiger partial charge in [0, 0.05) is 6.54 Å². The minimum atomic E-state index is -0.710. The summed E-state index contributed by atoms with van der Waals surface area (Å²) in [6, 6.07) is 0. The molecular formula is C11H15ClN2O4S. The molecule has 0 atom stereocenters. The van der Waals surface area contributed by atoms with Crippen LogP contribution in [0.5, 0.6) is 0 Å². The Kier molecular flexibility index (Phi) is 5.13. The van der Waals surface area contributed by atoms with Crippen molar-refractivity contribution in [2.45, 2.75) is 13.8 Å². The molecule has 19 heavy (non-hydrogen) atoms.